The van der Waals surface area contributed by atoms with E-state index in [2.05, 4.69) is 16.7 Å². The molecule has 0 radical (unpaired) electrons. The van der Waals surface area contributed by atoms with Crippen LogP contribution in [0.4, 0.5) is 11.4 Å². The van der Waals surface area contributed by atoms with Gasteiger partial charge in [-0.1, -0.05) is 23.2 Å². The van der Waals surface area contributed by atoms with Gasteiger partial charge in [0.25, 0.3) is 0 Å². The van der Waals surface area contributed by atoms with E-state index < -0.39 is 0 Å². The quantitative estimate of drug-likeness (QED) is 0.808. The number of nitrogens with two attached hydrogens (primary N) is 1. The lowest BCUT2D eigenvalue weighted by atomic mass is 10.1. The van der Waals surface area contributed by atoms with E-state index in [1.54, 1.807) is 6.07 Å². The van der Waals surface area contributed by atoms with E-state index in [0.29, 0.717) is 27.8 Å². The van der Waals surface area contributed by atoms with Gasteiger partial charge in [-0.05, 0) is 38.4 Å². The van der Waals surface area contributed by atoms with Crippen LogP contribution in [0.5, 0.6) is 0 Å². The Morgan fingerprint density at radius 2 is 1.95 bits per heavy atom. The zero-order valence-corrected chi connectivity index (χ0v) is 12.6. The molecule has 0 aromatic heterocycles. The van der Waals surface area contributed by atoms with E-state index in [1.165, 1.54) is 19.4 Å². The van der Waals surface area contributed by atoms with Crippen LogP contribution < -0.4 is 10.6 Å². The van der Waals surface area contributed by atoms with Crippen molar-refractivity contribution < 1.29 is 0 Å². The molecule has 1 aromatic carbocycles. The summed E-state index contributed by atoms with van der Waals surface area (Å²) in [7, 11) is 0. The number of rotatable bonds is 1. The van der Waals surface area contributed by atoms with Crippen molar-refractivity contribution in [2.24, 2.45) is 0 Å². The number of hydrogen-bond acceptors (Lipinski definition) is 3. The molecule has 1 aromatic rings. The maximum atomic E-state index is 6.14. The third-order valence-corrected chi connectivity index (χ3v) is 5.04. The second kappa shape index (κ2) is 5.04. The lowest BCUT2D eigenvalue weighted by Crippen LogP contribution is -2.55. The van der Waals surface area contributed by atoms with Crippen molar-refractivity contribution in [3.63, 3.8) is 0 Å². The predicted octanol–water partition coefficient (Wildman–Crippen LogP) is 3.25. The third-order valence-electron chi connectivity index (χ3n) is 4.32. The minimum atomic E-state index is 0.453. The molecule has 2 fully saturated rings. The fourth-order valence-corrected chi connectivity index (χ4v) is 3.65. The maximum absolute atomic E-state index is 6.14. The average Bonchev–Trinajstić information content (AvgIpc) is 2.80. The fourth-order valence-electron chi connectivity index (χ4n) is 3.32. The van der Waals surface area contributed by atoms with Crippen molar-refractivity contribution in [2.75, 3.05) is 30.3 Å². The number of nitrogens with zero attached hydrogens (tertiary/aromatic N) is 2. The molecule has 104 valence electrons. The minimum absolute atomic E-state index is 0.453. The van der Waals surface area contributed by atoms with Gasteiger partial charge in [-0.25, -0.2) is 0 Å². The van der Waals surface area contributed by atoms with Gasteiger partial charge >= 0.3 is 0 Å². The van der Waals surface area contributed by atoms with Gasteiger partial charge in [-0.2, -0.15) is 0 Å². The van der Waals surface area contributed by atoms with Gasteiger partial charge in [0.1, 0.15) is 0 Å². The van der Waals surface area contributed by atoms with Gasteiger partial charge in [0, 0.05) is 25.2 Å². The Balaban J connectivity index is 1.91. The zero-order valence-electron chi connectivity index (χ0n) is 11.1. The van der Waals surface area contributed by atoms with Crippen LogP contribution in [-0.2, 0) is 0 Å². The monoisotopic (exact) mass is 299 g/mol. The molecular weight excluding hydrogens is 281 g/mol. The van der Waals surface area contributed by atoms with E-state index in [0.717, 1.165) is 18.8 Å². The van der Waals surface area contributed by atoms with Crippen molar-refractivity contribution >= 4 is 34.6 Å². The summed E-state index contributed by atoms with van der Waals surface area (Å²) in [5.41, 5.74) is 7.86. The van der Waals surface area contributed by atoms with Gasteiger partial charge in [-0.15, -0.1) is 0 Å². The molecule has 0 aliphatic carbocycles. The first-order valence-electron chi connectivity index (χ1n) is 6.81. The smallest absolute Gasteiger partial charge is 0.0619 e. The van der Waals surface area contributed by atoms with Crippen molar-refractivity contribution in [3.8, 4) is 0 Å². The molecule has 0 bridgehead atoms. The summed E-state index contributed by atoms with van der Waals surface area (Å²) >= 11 is 12.2. The first-order valence-corrected chi connectivity index (χ1v) is 7.57. The standard InChI is InChI=1S/C14H19Cl2N3/c1-9-7-18-4-2-3-10(18)8-19(9)14-6-12(16)11(15)5-13(14)17/h5-6,9-10H,2-4,7-8,17H2,1H3. The highest BCUT2D eigenvalue weighted by Gasteiger charge is 2.35. The molecule has 3 nitrogen and oxygen atoms in total. The largest absolute Gasteiger partial charge is 0.397 e. The van der Waals surface area contributed by atoms with Crippen LogP contribution in [0.25, 0.3) is 0 Å². The van der Waals surface area contributed by atoms with E-state index in [9.17, 15) is 0 Å². The lowest BCUT2D eigenvalue weighted by Gasteiger charge is -2.44. The molecule has 19 heavy (non-hydrogen) atoms. The first kappa shape index (κ1) is 13.3. The van der Waals surface area contributed by atoms with Gasteiger partial charge < -0.3 is 10.6 Å². The van der Waals surface area contributed by atoms with Crippen molar-refractivity contribution in [3.05, 3.63) is 22.2 Å². The number of halogens is 2. The summed E-state index contributed by atoms with van der Waals surface area (Å²) in [5.74, 6) is 0. The summed E-state index contributed by atoms with van der Waals surface area (Å²) in [6, 6.07) is 4.77. The molecule has 2 heterocycles. The van der Waals surface area contributed by atoms with Crippen molar-refractivity contribution in [1.29, 1.82) is 0 Å². The summed E-state index contributed by atoms with van der Waals surface area (Å²) < 4.78 is 0. The van der Waals surface area contributed by atoms with Crippen LogP contribution in [0, 0.1) is 0 Å². The first-order chi connectivity index (χ1) is 9.06. The number of anilines is 2. The Labute approximate surface area is 124 Å². The summed E-state index contributed by atoms with van der Waals surface area (Å²) in [4.78, 5) is 4.97. The van der Waals surface area contributed by atoms with Gasteiger partial charge in [0.15, 0.2) is 0 Å². The van der Waals surface area contributed by atoms with Gasteiger partial charge in [0.05, 0.1) is 21.4 Å². The summed E-state index contributed by atoms with van der Waals surface area (Å²) in [6.07, 6.45) is 2.59. The number of fused-ring (bicyclic) bond motifs is 1. The van der Waals surface area contributed by atoms with Crippen LogP contribution in [0.15, 0.2) is 12.1 Å². The molecule has 2 aliphatic heterocycles. The second-order valence-corrected chi connectivity index (χ2v) is 6.43. The van der Waals surface area contributed by atoms with Crippen molar-refractivity contribution in [1.82, 2.24) is 4.90 Å². The Morgan fingerprint density at radius 3 is 2.74 bits per heavy atom. The topological polar surface area (TPSA) is 32.5 Å². The van der Waals surface area contributed by atoms with Crippen LogP contribution in [0.2, 0.25) is 10.0 Å². The second-order valence-electron chi connectivity index (χ2n) is 5.62. The normalized spacial score (nSPS) is 27.6. The highest BCUT2D eigenvalue weighted by atomic mass is 35.5. The Hall–Kier alpha value is -0.640. The van der Waals surface area contributed by atoms with Gasteiger partial charge in [-0.3, -0.25) is 4.90 Å². The lowest BCUT2D eigenvalue weighted by molar-refractivity contribution is 0.203. The Morgan fingerprint density at radius 1 is 1.21 bits per heavy atom. The summed E-state index contributed by atoms with van der Waals surface area (Å²) in [6.45, 7) is 5.61. The Bertz CT molecular complexity index is 492. The molecule has 0 spiro atoms. The highest BCUT2D eigenvalue weighted by Crippen LogP contribution is 2.36. The molecule has 2 saturated heterocycles. The van der Waals surface area contributed by atoms with E-state index in [1.807, 2.05) is 6.07 Å². The number of nitrogen functional groups attached to an aromatic ring is 1. The number of hydrogen-bond donors (Lipinski definition) is 1. The molecular formula is C14H19Cl2N3. The molecule has 2 unspecified atom stereocenters. The molecule has 2 atom stereocenters. The van der Waals surface area contributed by atoms with Crippen molar-refractivity contribution in [2.45, 2.75) is 31.8 Å². The van der Waals surface area contributed by atoms with Crippen LogP contribution in [0.3, 0.4) is 0 Å². The predicted molar refractivity (Wildman–Crippen MR) is 82.3 cm³/mol. The molecule has 2 aliphatic rings. The van der Waals surface area contributed by atoms with E-state index >= 15 is 0 Å². The SMILES string of the molecule is CC1CN2CCCC2CN1c1cc(Cl)c(Cl)cc1N. The number of benzene rings is 1. The number of piperazine rings is 1. The van der Waals surface area contributed by atoms with E-state index in [-0.39, 0.29) is 0 Å². The van der Waals surface area contributed by atoms with Crippen LogP contribution in [-0.4, -0.2) is 36.6 Å². The fraction of sp³-hybridized carbons (Fsp3) is 0.571. The van der Waals surface area contributed by atoms with Crippen LogP contribution in [0.1, 0.15) is 19.8 Å². The molecule has 5 heteroatoms. The molecule has 0 saturated carbocycles. The third kappa shape index (κ3) is 2.39. The molecule has 0 amide bonds. The minimum Gasteiger partial charge on any atom is -0.397 e. The average molecular weight is 300 g/mol. The zero-order chi connectivity index (χ0) is 13.6. The highest BCUT2D eigenvalue weighted by molar-refractivity contribution is 6.42. The Kier molecular flexibility index (Phi) is 3.54. The summed E-state index contributed by atoms with van der Waals surface area (Å²) in [5, 5.41) is 1.10. The maximum Gasteiger partial charge on any atom is 0.0619 e. The molecule has 3 rings (SSSR count). The van der Waals surface area contributed by atoms with Gasteiger partial charge in [0.2, 0.25) is 0 Å². The van der Waals surface area contributed by atoms with E-state index in [4.69, 9.17) is 28.9 Å². The molecule has 2 N–H and O–H groups in total. The van der Waals surface area contributed by atoms with Crippen LogP contribution >= 0.6 is 23.2 Å².